The molecule has 19 heavy (non-hydrogen) atoms. The third-order valence-corrected chi connectivity index (χ3v) is 3.49. The van der Waals surface area contributed by atoms with Crippen LogP contribution in [-0.2, 0) is 6.42 Å². The first-order valence-corrected chi connectivity index (χ1v) is 6.58. The van der Waals surface area contributed by atoms with Gasteiger partial charge in [0.2, 0.25) is 0 Å². The first-order chi connectivity index (χ1) is 9.06. The summed E-state index contributed by atoms with van der Waals surface area (Å²) < 4.78 is 0. The van der Waals surface area contributed by atoms with Gasteiger partial charge in [-0.1, -0.05) is 35.9 Å². The highest BCUT2D eigenvalue weighted by molar-refractivity contribution is 6.31. The highest BCUT2D eigenvalue weighted by atomic mass is 35.5. The molecule has 0 saturated heterocycles. The average Bonchev–Trinajstić information content (AvgIpc) is 2.39. The van der Waals surface area contributed by atoms with Crippen molar-refractivity contribution in [2.75, 3.05) is 5.73 Å². The molecular formula is C16H16ClNO. The minimum absolute atomic E-state index is 0.101. The lowest BCUT2D eigenvalue weighted by atomic mass is 10.0. The van der Waals surface area contributed by atoms with Gasteiger partial charge in [-0.05, 0) is 42.7 Å². The topological polar surface area (TPSA) is 43.1 Å². The number of Topliss-reactive ketones (excluding diaryl/α,β-unsaturated/α-hetero) is 1. The van der Waals surface area contributed by atoms with E-state index in [4.69, 9.17) is 17.3 Å². The Labute approximate surface area is 118 Å². The van der Waals surface area contributed by atoms with Gasteiger partial charge in [0.15, 0.2) is 5.78 Å². The van der Waals surface area contributed by atoms with Gasteiger partial charge in [0, 0.05) is 22.7 Å². The molecule has 0 heterocycles. The van der Waals surface area contributed by atoms with Crippen LogP contribution in [0.2, 0.25) is 5.02 Å². The van der Waals surface area contributed by atoms with E-state index in [2.05, 4.69) is 0 Å². The zero-order valence-electron chi connectivity index (χ0n) is 10.8. The molecule has 0 aliphatic heterocycles. The number of anilines is 1. The summed E-state index contributed by atoms with van der Waals surface area (Å²) in [6.45, 7) is 1.92. The summed E-state index contributed by atoms with van der Waals surface area (Å²) in [6.07, 6.45) is 1.15. The fourth-order valence-electron chi connectivity index (χ4n) is 1.92. The Morgan fingerprint density at radius 2 is 2.00 bits per heavy atom. The van der Waals surface area contributed by atoms with Crippen LogP contribution in [-0.4, -0.2) is 5.78 Å². The molecule has 0 aliphatic carbocycles. The Kier molecular flexibility index (Phi) is 4.23. The fraction of sp³-hybridized carbons (Fsp3) is 0.188. The number of benzene rings is 2. The van der Waals surface area contributed by atoms with Crippen LogP contribution in [0, 0.1) is 6.92 Å². The first-order valence-electron chi connectivity index (χ1n) is 6.20. The molecule has 2 N–H and O–H groups in total. The lowest BCUT2D eigenvalue weighted by Gasteiger charge is -2.04. The predicted octanol–water partition coefficient (Wildman–Crippen LogP) is 4.05. The van der Waals surface area contributed by atoms with Gasteiger partial charge in [0.1, 0.15) is 0 Å². The third kappa shape index (κ3) is 3.58. The number of carbonyl (C=O) groups excluding carboxylic acids is 1. The molecular weight excluding hydrogens is 258 g/mol. The predicted molar refractivity (Wildman–Crippen MR) is 79.7 cm³/mol. The van der Waals surface area contributed by atoms with Gasteiger partial charge in [0.05, 0.1) is 0 Å². The van der Waals surface area contributed by atoms with Crippen molar-refractivity contribution in [2.24, 2.45) is 0 Å². The Morgan fingerprint density at radius 1 is 1.21 bits per heavy atom. The Balaban J connectivity index is 2.03. The number of halogens is 1. The Morgan fingerprint density at radius 3 is 2.68 bits per heavy atom. The van der Waals surface area contributed by atoms with Crippen LogP contribution < -0.4 is 5.73 Å². The van der Waals surface area contributed by atoms with Gasteiger partial charge < -0.3 is 5.73 Å². The molecule has 3 heteroatoms. The molecule has 0 aliphatic rings. The molecule has 0 radical (unpaired) electrons. The molecule has 2 aromatic rings. The van der Waals surface area contributed by atoms with E-state index in [9.17, 15) is 4.79 Å². The molecule has 0 saturated carbocycles. The van der Waals surface area contributed by atoms with Crippen LogP contribution in [0.15, 0.2) is 42.5 Å². The molecule has 0 aromatic heterocycles. The van der Waals surface area contributed by atoms with E-state index in [1.165, 1.54) is 0 Å². The summed E-state index contributed by atoms with van der Waals surface area (Å²) in [6, 6.07) is 13.0. The number of ketones is 1. The summed E-state index contributed by atoms with van der Waals surface area (Å²) >= 11 is 6.03. The second-order valence-corrected chi connectivity index (χ2v) is 5.04. The molecule has 0 unspecified atom stereocenters. The molecule has 0 fully saturated rings. The van der Waals surface area contributed by atoms with Gasteiger partial charge in [-0.15, -0.1) is 0 Å². The monoisotopic (exact) mass is 273 g/mol. The zero-order valence-corrected chi connectivity index (χ0v) is 11.6. The Hall–Kier alpha value is -1.80. The minimum Gasteiger partial charge on any atom is -0.399 e. The van der Waals surface area contributed by atoms with Crippen molar-refractivity contribution in [3.63, 3.8) is 0 Å². The molecule has 0 amide bonds. The van der Waals surface area contributed by atoms with E-state index in [1.807, 2.05) is 43.3 Å². The lowest BCUT2D eigenvalue weighted by Crippen LogP contribution is -2.01. The van der Waals surface area contributed by atoms with Crippen molar-refractivity contribution < 1.29 is 4.79 Å². The highest BCUT2D eigenvalue weighted by Crippen LogP contribution is 2.18. The van der Waals surface area contributed by atoms with Crippen LogP contribution in [0.25, 0.3) is 0 Å². The van der Waals surface area contributed by atoms with Crippen molar-refractivity contribution in [3.05, 3.63) is 64.2 Å². The lowest BCUT2D eigenvalue weighted by molar-refractivity contribution is 0.0983. The van der Waals surface area contributed by atoms with Crippen molar-refractivity contribution in [2.45, 2.75) is 19.8 Å². The standard InChI is InChI=1S/C16H16ClNO/c1-11-5-7-13(10-15(11)17)16(19)8-6-12-3-2-4-14(18)9-12/h2-5,7,9-10H,6,8,18H2,1H3. The molecule has 2 rings (SSSR count). The van der Waals surface area contributed by atoms with Gasteiger partial charge >= 0.3 is 0 Å². The third-order valence-electron chi connectivity index (χ3n) is 3.09. The second kappa shape index (κ2) is 5.89. The Bertz CT molecular complexity index is 607. The molecule has 0 bridgehead atoms. The van der Waals surface area contributed by atoms with Crippen LogP contribution >= 0.6 is 11.6 Å². The van der Waals surface area contributed by atoms with E-state index in [-0.39, 0.29) is 5.78 Å². The molecule has 98 valence electrons. The quantitative estimate of drug-likeness (QED) is 0.675. The van der Waals surface area contributed by atoms with E-state index >= 15 is 0 Å². The molecule has 2 nitrogen and oxygen atoms in total. The number of hydrogen-bond acceptors (Lipinski definition) is 2. The minimum atomic E-state index is 0.101. The van der Waals surface area contributed by atoms with Crippen LogP contribution in [0.5, 0.6) is 0 Å². The van der Waals surface area contributed by atoms with Crippen molar-refractivity contribution in [1.82, 2.24) is 0 Å². The van der Waals surface area contributed by atoms with Crippen molar-refractivity contribution >= 4 is 23.1 Å². The van der Waals surface area contributed by atoms with E-state index in [0.29, 0.717) is 23.4 Å². The number of nitrogens with two attached hydrogens (primary N) is 1. The van der Waals surface area contributed by atoms with Gasteiger partial charge in [-0.25, -0.2) is 0 Å². The van der Waals surface area contributed by atoms with Crippen molar-refractivity contribution in [1.29, 1.82) is 0 Å². The molecule has 0 spiro atoms. The number of hydrogen-bond donors (Lipinski definition) is 1. The summed E-state index contributed by atoms with van der Waals surface area (Å²) in [4.78, 5) is 12.1. The SMILES string of the molecule is Cc1ccc(C(=O)CCc2cccc(N)c2)cc1Cl. The maximum absolute atomic E-state index is 12.1. The summed E-state index contributed by atoms with van der Waals surface area (Å²) in [7, 11) is 0. The zero-order chi connectivity index (χ0) is 13.8. The average molecular weight is 274 g/mol. The van der Waals surface area contributed by atoms with Gasteiger partial charge in [-0.2, -0.15) is 0 Å². The normalized spacial score (nSPS) is 10.4. The molecule has 0 atom stereocenters. The molecule has 2 aromatic carbocycles. The van der Waals surface area contributed by atoms with Crippen LogP contribution in [0.3, 0.4) is 0 Å². The smallest absolute Gasteiger partial charge is 0.163 e. The van der Waals surface area contributed by atoms with Crippen LogP contribution in [0.1, 0.15) is 27.9 Å². The van der Waals surface area contributed by atoms with Gasteiger partial charge in [0.25, 0.3) is 0 Å². The first kappa shape index (κ1) is 13.6. The summed E-state index contributed by atoms with van der Waals surface area (Å²) in [5, 5.41) is 0.634. The van der Waals surface area contributed by atoms with E-state index < -0.39 is 0 Å². The second-order valence-electron chi connectivity index (χ2n) is 4.63. The number of carbonyl (C=O) groups is 1. The van der Waals surface area contributed by atoms with Crippen LogP contribution in [0.4, 0.5) is 5.69 Å². The van der Waals surface area contributed by atoms with Gasteiger partial charge in [-0.3, -0.25) is 4.79 Å². The van der Waals surface area contributed by atoms with E-state index in [1.54, 1.807) is 6.07 Å². The number of aryl methyl sites for hydroxylation is 2. The number of nitrogen functional groups attached to an aromatic ring is 1. The van der Waals surface area contributed by atoms with Crippen molar-refractivity contribution in [3.8, 4) is 0 Å². The number of rotatable bonds is 4. The summed E-state index contributed by atoms with van der Waals surface area (Å²) in [5.41, 5.74) is 9.16. The highest BCUT2D eigenvalue weighted by Gasteiger charge is 2.08. The summed E-state index contributed by atoms with van der Waals surface area (Å²) in [5.74, 6) is 0.101. The maximum Gasteiger partial charge on any atom is 0.163 e. The van der Waals surface area contributed by atoms with E-state index in [0.717, 1.165) is 16.8 Å². The fourth-order valence-corrected chi connectivity index (χ4v) is 2.10. The maximum atomic E-state index is 12.1. The largest absolute Gasteiger partial charge is 0.399 e.